The minimum atomic E-state index is -0.527. The van der Waals surface area contributed by atoms with E-state index >= 15 is 0 Å². The van der Waals surface area contributed by atoms with Crippen LogP contribution in [0.5, 0.6) is 0 Å². The fourth-order valence-corrected chi connectivity index (χ4v) is 4.92. The van der Waals surface area contributed by atoms with Gasteiger partial charge in [-0.2, -0.15) is 0 Å². The molecule has 0 aromatic carbocycles. The second-order valence-corrected chi connectivity index (χ2v) is 8.47. The second kappa shape index (κ2) is 5.69. The summed E-state index contributed by atoms with van der Waals surface area (Å²) in [7, 11) is 0. The van der Waals surface area contributed by atoms with E-state index < -0.39 is 6.10 Å². The zero-order valence-electron chi connectivity index (χ0n) is 14.2. The number of aromatic amines is 1. The summed E-state index contributed by atoms with van der Waals surface area (Å²) in [4.78, 5) is 34.1. The van der Waals surface area contributed by atoms with Crippen LogP contribution in [0, 0.1) is 17.8 Å². The Bertz CT molecular complexity index is 869. The Morgan fingerprint density at radius 2 is 2.17 bits per heavy atom. The maximum Gasteiger partial charge on any atom is 0.309 e. The predicted octanol–water partition coefficient (Wildman–Crippen LogP) is 3.37. The summed E-state index contributed by atoms with van der Waals surface area (Å²) in [5.41, 5.74) is 1.06. The van der Waals surface area contributed by atoms with Crippen molar-refractivity contribution in [1.82, 2.24) is 9.97 Å². The van der Waals surface area contributed by atoms with E-state index in [9.17, 15) is 9.59 Å². The van der Waals surface area contributed by atoms with Crippen molar-refractivity contribution in [3.63, 3.8) is 0 Å². The molecule has 2 aromatic rings. The zero-order valence-corrected chi connectivity index (χ0v) is 15.0. The van der Waals surface area contributed by atoms with Crippen molar-refractivity contribution in [3.8, 4) is 0 Å². The lowest BCUT2D eigenvalue weighted by Gasteiger charge is -2.17. The van der Waals surface area contributed by atoms with Gasteiger partial charge in [0, 0.05) is 4.88 Å². The van der Waals surface area contributed by atoms with Gasteiger partial charge >= 0.3 is 5.97 Å². The number of hydrogen-bond donors (Lipinski definition) is 1. The molecule has 0 saturated heterocycles. The minimum Gasteiger partial charge on any atom is -0.454 e. The number of rotatable bonds is 3. The molecule has 4 atom stereocenters. The first-order chi connectivity index (χ1) is 11.4. The van der Waals surface area contributed by atoms with Gasteiger partial charge in [-0.1, -0.05) is 13.8 Å². The molecule has 0 spiro atoms. The quantitative estimate of drug-likeness (QED) is 0.865. The average molecular weight is 346 g/mol. The van der Waals surface area contributed by atoms with E-state index in [1.807, 2.05) is 6.92 Å². The molecular formula is C18H22N2O3S. The van der Waals surface area contributed by atoms with Gasteiger partial charge in [-0.15, -0.1) is 11.3 Å². The number of esters is 1. The molecule has 4 rings (SSSR count). The number of carbonyl (C=O) groups is 1. The van der Waals surface area contributed by atoms with Gasteiger partial charge in [-0.05, 0) is 50.0 Å². The molecule has 24 heavy (non-hydrogen) atoms. The minimum absolute atomic E-state index is 0.0124. The maximum absolute atomic E-state index is 12.6. The third-order valence-electron chi connectivity index (χ3n) is 5.27. The van der Waals surface area contributed by atoms with Gasteiger partial charge in [-0.25, -0.2) is 4.98 Å². The average Bonchev–Trinajstić information content (AvgIpc) is 3.14. The fraction of sp³-hybridized carbons (Fsp3) is 0.611. The number of fused-ring (bicyclic) bond motifs is 3. The molecule has 0 aliphatic heterocycles. The van der Waals surface area contributed by atoms with Crippen LogP contribution in [0.25, 0.3) is 10.2 Å². The first-order valence-corrected chi connectivity index (χ1v) is 9.50. The molecule has 2 heterocycles. The van der Waals surface area contributed by atoms with Gasteiger partial charge < -0.3 is 9.72 Å². The highest BCUT2D eigenvalue weighted by atomic mass is 32.1. The number of H-pyrrole nitrogens is 1. The van der Waals surface area contributed by atoms with Crippen LogP contribution in [0.4, 0.5) is 0 Å². The normalized spacial score (nSPS) is 26.9. The monoisotopic (exact) mass is 346 g/mol. The van der Waals surface area contributed by atoms with E-state index in [1.54, 1.807) is 18.3 Å². The van der Waals surface area contributed by atoms with E-state index in [2.05, 4.69) is 16.9 Å². The second-order valence-electron chi connectivity index (χ2n) is 7.38. The maximum atomic E-state index is 12.6. The van der Waals surface area contributed by atoms with Crippen molar-refractivity contribution in [3.05, 3.63) is 26.6 Å². The van der Waals surface area contributed by atoms with Gasteiger partial charge in [0.1, 0.15) is 4.83 Å². The molecule has 0 amide bonds. The van der Waals surface area contributed by atoms with Crippen LogP contribution in [-0.2, 0) is 22.4 Å². The third-order valence-corrected chi connectivity index (χ3v) is 6.42. The van der Waals surface area contributed by atoms with Gasteiger partial charge in [0.25, 0.3) is 5.56 Å². The molecule has 2 aliphatic rings. The summed E-state index contributed by atoms with van der Waals surface area (Å²) in [5, 5.41) is 0.736. The Labute approximate surface area is 144 Å². The number of nitrogens with one attached hydrogen (secondary N) is 1. The predicted molar refractivity (Wildman–Crippen MR) is 93.2 cm³/mol. The molecule has 5 nitrogen and oxygen atoms in total. The van der Waals surface area contributed by atoms with E-state index in [4.69, 9.17) is 4.74 Å². The Kier molecular flexibility index (Phi) is 3.75. The fourth-order valence-electron chi connectivity index (χ4n) is 3.53. The summed E-state index contributed by atoms with van der Waals surface area (Å²) >= 11 is 1.62. The molecule has 0 bridgehead atoms. The number of thiophene rings is 1. The van der Waals surface area contributed by atoms with Crippen LogP contribution in [0.15, 0.2) is 4.79 Å². The molecule has 0 unspecified atom stereocenters. The molecule has 2 aliphatic carbocycles. The molecule has 2 aromatic heterocycles. The van der Waals surface area contributed by atoms with Crippen molar-refractivity contribution >= 4 is 27.5 Å². The highest BCUT2D eigenvalue weighted by Gasteiger charge is 2.41. The largest absolute Gasteiger partial charge is 0.454 e. The summed E-state index contributed by atoms with van der Waals surface area (Å²) < 4.78 is 5.49. The number of aryl methyl sites for hydroxylation is 1. The summed E-state index contributed by atoms with van der Waals surface area (Å²) in [6.45, 7) is 6.06. The summed E-state index contributed by atoms with van der Waals surface area (Å²) in [6, 6.07) is 0. The lowest BCUT2D eigenvalue weighted by Crippen LogP contribution is -2.19. The van der Waals surface area contributed by atoms with Gasteiger partial charge in [0.15, 0.2) is 11.9 Å². The van der Waals surface area contributed by atoms with Gasteiger partial charge in [0.2, 0.25) is 0 Å². The highest BCUT2D eigenvalue weighted by molar-refractivity contribution is 7.18. The number of hydrogen-bond acceptors (Lipinski definition) is 5. The van der Waals surface area contributed by atoms with Crippen LogP contribution in [-0.4, -0.2) is 15.9 Å². The molecule has 6 heteroatoms. The smallest absolute Gasteiger partial charge is 0.309 e. The van der Waals surface area contributed by atoms with E-state index in [1.165, 1.54) is 10.4 Å². The molecule has 128 valence electrons. The topological polar surface area (TPSA) is 72.0 Å². The number of nitrogens with zero attached hydrogens (tertiary/aromatic N) is 1. The molecule has 1 N–H and O–H groups in total. The number of carbonyl (C=O) groups excluding carboxylic acids is 1. The molecule has 0 radical (unpaired) electrons. The zero-order chi connectivity index (χ0) is 17.0. The van der Waals surface area contributed by atoms with Gasteiger partial charge in [0.05, 0.1) is 11.3 Å². The van der Waals surface area contributed by atoms with Crippen LogP contribution < -0.4 is 5.56 Å². The van der Waals surface area contributed by atoms with Crippen molar-refractivity contribution in [2.75, 3.05) is 0 Å². The molecule has 1 saturated carbocycles. The Balaban J connectivity index is 1.65. The van der Waals surface area contributed by atoms with E-state index in [-0.39, 0.29) is 17.4 Å². The SMILES string of the molecule is C[C@@H]1CCc2c(sc3nc([C@@H](C)OC(=O)[C@@H]4C[C@@H]4C)[nH]c(=O)c23)C1. The summed E-state index contributed by atoms with van der Waals surface area (Å²) in [6.07, 6.45) is 3.46. The standard InChI is InChI=1S/C18H22N2O3S/c1-8-4-5-11-13(6-8)24-17-14(11)16(21)19-15(20-17)10(3)23-18(22)12-7-9(12)2/h8-10,12H,4-7H2,1-3H3,(H,19,20,21)/t8-,9+,10-,12-/m1/s1. The van der Waals surface area contributed by atoms with Crippen LogP contribution in [0.2, 0.25) is 0 Å². The van der Waals surface area contributed by atoms with Crippen molar-refractivity contribution in [2.45, 2.75) is 52.6 Å². The first kappa shape index (κ1) is 15.8. The van der Waals surface area contributed by atoms with Crippen LogP contribution in [0.1, 0.15) is 56.0 Å². The van der Waals surface area contributed by atoms with Crippen molar-refractivity contribution in [1.29, 1.82) is 0 Å². The molecule has 1 fully saturated rings. The Morgan fingerprint density at radius 1 is 1.42 bits per heavy atom. The highest BCUT2D eigenvalue weighted by Crippen LogP contribution is 2.40. The Hall–Kier alpha value is -1.69. The lowest BCUT2D eigenvalue weighted by atomic mass is 9.89. The first-order valence-electron chi connectivity index (χ1n) is 8.69. The van der Waals surface area contributed by atoms with Crippen LogP contribution >= 0.6 is 11.3 Å². The summed E-state index contributed by atoms with van der Waals surface area (Å²) in [5.74, 6) is 1.34. The van der Waals surface area contributed by atoms with E-state index in [0.29, 0.717) is 17.7 Å². The number of ether oxygens (including phenoxy) is 1. The molecular weight excluding hydrogens is 324 g/mol. The van der Waals surface area contributed by atoms with Crippen molar-refractivity contribution < 1.29 is 9.53 Å². The van der Waals surface area contributed by atoms with E-state index in [0.717, 1.165) is 35.9 Å². The third kappa shape index (κ3) is 2.66. The van der Waals surface area contributed by atoms with Crippen molar-refractivity contribution in [2.24, 2.45) is 17.8 Å². The Morgan fingerprint density at radius 3 is 2.88 bits per heavy atom. The van der Waals surface area contributed by atoms with Gasteiger partial charge in [-0.3, -0.25) is 9.59 Å². The lowest BCUT2D eigenvalue weighted by molar-refractivity contribution is -0.150. The van der Waals surface area contributed by atoms with Crippen LogP contribution in [0.3, 0.4) is 0 Å². The number of aromatic nitrogens is 2.